The molecule has 1 N–H and O–H groups in total. The third-order valence-electron chi connectivity index (χ3n) is 5.92. The molecular weight excluding hydrogens is 428 g/mol. The molecule has 0 saturated carbocycles. The van der Waals surface area contributed by atoms with Gasteiger partial charge in [0.15, 0.2) is 11.5 Å². The lowest BCUT2D eigenvalue weighted by molar-refractivity contribution is 0.0651. The Bertz CT molecular complexity index is 1250. The van der Waals surface area contributed by atoms with Crippen molar-refractivity contribution < 1.29 is 18.7 Å². The van der Waals surface area contributed by atoms with Gasteiger partial charge in [-0.1, -0.05) is 48.5 Å². The summed E-state index contributed by atoms with van der Waals surface area (Å²) >= 11 is 0. The normalized spacial score (nSPS) is 14.9. The minimum Gasteiger partial charge on any atom is -0.493 e. The summed E-state index contributed by atoms with van der Waals surface area (Å²) in [7, 11) is 1.62. The van der Waals surface area contributed by atoms with Crippen LogP contribution in [-0.2, 0) is 13.0 Å². The van der Waals surface area contributed by atoms with Crippen molar-refractivity contribution >= 4 is 11.6 Å². The summed E-state index contributed by atoms with van der Waals surface area (Å²) in [5.74, 6) is 1.95. The molecule has 34 heavy (non-hydrogen) atoms. The van der Waals surface area contributed by atoms with Crippen LogP contribution in [0.2, 0.25) is 0 Å². The zero-order valence-electron chi connectivity index (χ0n) is 18.9. The summed E-state index contributed by atoms with van der Waals surface area (Å²) < 4.78 is 17.2. The fourth-order valence-corrected chi connectivity index (χ4v) is 4.19. The first-order chi connectivity index (χ1) is 16.7. The number of amides is 1. The van der Waals surface area contributed by atoms with E-state index in [0.29, 0.717) is 36.0 Å². The zero-order valence-corrected chi connectivity index (χ0v) is 18.9. The molecule has 0 bridgehead atoms. The fraction of sp³-hybridized carbons (Fsp3) is 0.179. The second-order valence-electron chi connectivity index (χ2n) is 8.10. The van der Waals surface area contributed by atoms with E-state index in [4.69, 9.17) is 13.9 Å². The van der Waals surface area contributed by atoms with E-state index >= 15 is 0 Å². The quantitative estimate of drug-likeness (QED) is 0.371. The van der Waals surface area contributed by atoms with E-state index < -0.39 is 0 Å². The molecule has 5 rings (SSSR count). The molecule has 1 unspecified atom stereocenters. The largest absolute Gasteiger partial charge is 0.493 e. The van der Waals surface area contributed by atoms with Crippen molar-refractivity contribution in [2.75, 3.05) is 19.0 Å². The van der Waals surface area contributed by atoms with Crippen molar-refractivity contribution in [1.82, 2.24) is 4.90 Å². The van der Waals surface area contributed by atoms with Gasteiger partial charge in [0.2, 0.25) is 0 Å². The molecule has 6 heteroatoms. The molecule has 0 spiro atoms. The Morgan fingerprint density at radius 1 is 0.941 bits per heavy atom. The van der Waals surface area contributed by atoms with Gasteiger partial charge in [0.05, 0.1) is 32.1 Å². The maximum Gasteiger partial charge on any atom is 0.258 e. The van der Waals surface area contributed by atoms with E-state index in [1.807, 2.05) is 72.8 Å². The van der Waals surface area contributed by atoms with Gasteiger partial charge in [-0.15, -0.1) is 0 Å². The average molecular weight is 455 g/mol. The number of para-hydroxylation sites is 1. The minimum atomic E-state index is -0.389. The Morgan fingerprint density at radius 3 is 2.56 bits per heavy atom. The van der Waals surface area contributed by atoms with Gasteiger partial charge in [0.1, 0.15) is 11.9 Å². The third kappa shape index (κ3) is 4.48. The van der Waals surface area contributed by atoms with Crippen molar-refractivity contribution in [2.45, 2.75) is 19.1 Å². The second kappa shape index (κ2) is 9.75. The molecule has 1 aliphatic rings. The van der Waals surface area contributed by atoms with Crippen LogP contribution in [-0.4, -0.2) is 24.5 Å². The van der Waals surface area contributed by atoms with E-state index in [9.17, 15) is 4.79 Å². The highest BCUT2D eigenvalue weighted by molar-refractivity contribution is 6.01. The Balaban J connectivity index is 1.40. The standard InChI is InChI=1S/C28H26N2O4/c1-32-26-18-21(13-14-25(26)34-17-15-20-8-3-2-4-9-20)27-29-24-12-6-5-11-23(24)28(31)30(27)19-22-10-7-16-33-22/h2-14,16,18,27,29H,15,17,19H2,1H3. The number of anilines is 1. The maximum atomic E-state index is 13.4. The molecule has 3 aromatic carbocycles. The zero-order chi connectivity index (χ0) is 23.3. The summed E-state index contributed by atoms with van der Waals surface area (Å²) in [5, 5.41) is 3.51. The predicted molar refractivity (Wildman–Crippen MR) is 130 cm³/mol. The third-order valence-corrected chi connectivity index (χ3v) is 5.92. The molecule has 0 fully saturated rings. The number of fused-ring (bicyclic) bond motifs is 1. The highest BCUT2D eigenvalue weighted by Gasteiger charge is 2.33. The number of hydrogen-bond donors (Lipinski definition) is 1. The van der Waals surface area contributed by atoms with Crippen LogP contribution >= 0.6 is 0 Å². The van der Waals surface area contributed by atoms with Crippen LogP contribution in [0.5, 0.6) is 11.5 Å². The lowest BCUT2D eigenvalue weighted by Crippen LogP contribution is -2.42. The number of hydrogen-bond acceptors (Lipinski definition) is 5. The molecular formula is C28H26N2O4. The van der Waals surface area contributed by atoms with Crippen LogP contribution in [0, 0.1) is 0 Å². The van der Waals surface area contributed by atoms with Gasteiger partial charge in [0.25, 0.3) is 5.91 Å². The van der Waals surface area contributed by atoms with Crippen LogP contribution in [0.25, 0.3) is 0 Å². The first-order valence-electron chi connectivity index (χ1n) is 11.3. The molecule has 1 amide bonds. The van der Waals surface area contributed by atoms with Crippen LogP contribution in [0.3, 0.4) is 0 Å². The van der Waals surface area contributed by atoms with E-state index in [-0.39, 0.29) is 12.1 Å². The van der Waals surface area contributed by atoms with Gasteiger partial charge in [-0.2, -0.15) is 0 Å². The molecule has 172 valence electrons. The summed E-state index contributed by atoms with van der Waals surface area (Å²) in [6.07, 6.45) is 2.03. The Morgan fingerprint density at radius 2 is 1.76 bits per heavy atom. The summed E-state index contributed by atoms with van der Waals surface area (Å²) in [5.41, 5.74) is 3.55. The van der Waals surface area contributed by atoms with Crippen molar-refractivity contribution in [1.29, 1.82) is 0 Å². The number of carbonyl (C=O) groups is 1. The minimum absolute atomic E-state index is 0.0575. The van der Waals surface area contributed by atoms with E-state index in [1.165, 1.54) is 5.56 Å². The molecule has 0 saturated heterocycles. The van der Waals surface area contributed by atoms with Crippen LogP contribution in [0.15, 0.2) is 95.6 Å². The van der Waals surface area contributed by atoms with E-state index in [1.54, 1.807) is 18.3 Å². The van der Waals surface area contributed by atoms with Gasteiger partial charge >= 0.3 is 0 Å². The highest BCUT2D eigenvalue weighted by Crippen LogP contribution is 2.37. The van der Waals surface area contributed by atoms with Crippen molar-refractivity contribution in [3.8, 4) is 11.5 Å². The van der Waals surface area contributed by atoms with Crippen LogP contribution in [0.4, 0.5) is 5.69 Å². The Labute approximate surface area is 198 Å². The van der Waals surface area contributed by atoms with Gasteiger partial charge in [-0.3, -0.25) is 4.79 Å². The number of methoxy groups -OCH3 is 1. The van der Waals surface area contributed by atoms with Crippen molar-refractivity contribution in [3.05, 3.63) is 114 Å². The summed E-state index contributed by atoms with van der Waals surface area (Å²) in [6, 6.07) is 27.2. The molecule has 0 radical (unpaired) electrons. The number of ether oxygens (including phenoxy) is 2. The number of furan rings is 1. The summed E-state index contributed by atoms with van der Waals surface area (Å²) in [6.45, 7) is 0.882. The summed E-state index contributed by atoms with van der Waals surface area (Å²) in [4.78, 5) is 15.2. The Kier molecular flexibility index (Phi) is 6.21. The number of carbonyl (C=O) groups excluding carboxylic acids is 1. The van der Waals surface area contributed by atoms with Gasteiger partial charge < -0.3 is 24.1 Å². The molecule has 1 aromatic heterocycles. The molecule has 1 aliphatic heterocycles. The lowest BCUT2D eigenvalue weighted by Gasteiger charge is -2.37. The van der Waals surface area contributed by atoms with Gasteiger partial charge in [-0.05, 0) is 47.5 Å². The number of rotatable bonds is 8. The molecule has 1 atom stereocenters. The fourth-order valence-electron chi connectivity index (χ4n) is 4.19. The topological polar surface area (TPSA) is 63.9 Å². The van der Waals surface area contributed by atoms with Crippen LogP contribution < -0.4 is 14.8 Å². The smallest absolute Gasteiger partial charge is 0.258 e. The second-order valence-corrected chi connectivity index (χ2v) is 8.10. The predicted octanol–water partition coefficient (Wildman–Crippen LogP) is 5.68. The maximum absolute atomic E-state index is 13.4. The first kappa shape index (κ1) is 21.6. The first-order valence-corrected chi connectivity index (χ1v) is 11.3. The van der Waals surface area contributed by atoms with Crippen LogP contribution in [0.1, 0.15) is 33.4 Å². The molecule has 6 nitrogen and oxygen atoms in total. The Hall–Kier alpha value is -4.19. The average Bonchev–Trinajstić information content (AvgIpc) is 3.40. The molecule has 0 aliphatic carbocycles. The molecule has 2 heterocycles. The van der Waals surface area contributed by atoms with E-state index in [2.05, 4.69) is 17.4 Å². The monoisotopic (exact) mass is 454 g/mol. The highest BCUT2D eigenvalue weighted by atomic mass is 16.5. The van der Waals surface area contributed by atoms with Crippen molar-refractivity contribution in [2.24, 2.45) is 0 Å². The number of nitrogens with zero attached hydrogens (tertiary/aromatic N) is 1. The number of benzene rings is 3. The SMILES string of the molecule is COc1cc(C2Nc3ccccc3C(=O)N2Cc2ccco2)ccc1OCCc1ccccc1. The van der Waals surface area contributed by atoms with Gasteiger partial charge in [-0.25, -0.2) is 0 Å². The number of nitrogens with one attached hydrogen (secondary N) is 1. The lowest BCUT2D eigenvalue weighted by atomic mass is 10.0. The van der Waals surface area contributed by atoms with Crippen molar-refractivity contribution in [3.63, 3.8) is 0 Å². The van der Waals surface area contributed by atoms with Gasteiger partial charge in [0, 0.05) is 12.1 Å². The molecule has 4 aromatic rings. The van der Waals surface area contributed by atoms with E-state index in [0.717, 1.165) is 17.7 Å².